The maximum atomic E-state index is 11.8. The van der Waals surface area contributed by atoms with Gasteiger partial charge in [0.15, 0.2) is 5.82 Å². The van der Waals surface area contributed by atoms with Crippen LogP contribution in [0.2, 0.25) is 0 Å². The van der Waals surface area contributed by atoms with Crippen LogP contribution in [0.15, 0.2) is 12.5 Å². The molecule has 0 saturated carbocycles. The quantitative estimate of drug-likeness (QED) is 0.785. The lowest BCUT2D eigenvalue weighted by Crippen LogP contribution is -2.15. The molecule has 0 amide bonds. The third-order valence-corrected chi connectivity index (χ3v) is 1.44. The van der Waals surface area contributed by atoms with Crippen LogP contribution in [0.4, 0.5) is 24.7 Å². The number of rotatable bonds is 3. The summed E-state index contributed by atoms with van der Waals surface area (Å²) in [7, 11) is 0. The molecular weight excluding hydrogens is 197 g/mol. The molecule has 0 aliphatic heterocycles. The topological polar surface area (TPSA) is 63.8 Å². The molecule has 1 rings (SSSR count). The molecule has 0 fully saturated rings. The van der Waals surface area contributed by atoms with Crippen molar-refractivity contribution in [1.29, 1.82) is 0 Å². The van der Waals surface area contributed by atoms with Crippen LogP contribution in [0.5, 0.6) is 0 Å². The van der Waals surface area contributed by atoms with E-state index in [-0.39, 0.29) is 18.1 Å². The molecule has 0 bridgehead atoms. The highest BCUT2D eigenvalue weighted by molar-refractivity contribution is 5.58. The second kappa shape index (κ2) is 4.12. The fraction of sp³-hybridized carbons (Fsp3) is 0.429. The van der Waals surface area contributed by atoms with Crippen molar-refractivity contribution in [2.45, 2.75) is 12.6 Å². The molecule has 0 aromatic carbocycles. The summed E-state index contributed by atoms with van der Waals surface area (Å²) in [6.07, 6.45) is -2.56. The van der Waals surface area contributed by atoms with E-state index in [9.17, 15) is 13.2 Å². The van der Waals surface area contributed by atoms with Crippen molar-refractivity contribution in [2.75, 3.05) is 17.6 Å². The van der Waals surface area contributed by atoms with Crippen molar-refractivity contribution in [1.82, 2.24) is 9.97 Å². The van der Waals surface area contributed by atoms with E-state index in [2.05, 4.69) is 15.3 Å². The zero-order chi connectivity index (χ0) is 10.6. The van der Waals surface area contributed by atoms with Crippen molar-refractivity contribution in [3.63, 3.8) is 0 Å². The van der Waals surface area contributed by atoms with E-state index in [4.69, 9.17) is 5.73 Å². The molecule has 0 saturated heterocycles. The van der Waals surface area contributed by atoms with Crippen molar-refractivity contribution in [2.24, 2.45) is 0 Å². The average Bonchev–Trinajstić information content (AvgIpc) is 2.06. The van der Waals surface area contributed by atoms with Gasteiger partial charge in [0.2, 0.25) is 0 Å². The molecule has 0 aliphatic carbocycles. The summed E-state index contributed by atoms with van der Waals surface area (Å²) < 4.78 is 35.3. The van der Waals surface area contributed by atoms with Crippen LogP contribution >= 0.6 is 0 Å². The second-order valence-corrected chi connectivity index (χ2v) is 2.62. The van der Waals surface area contributed by atoms with E-state index >= 15 is 0 Å². The van der Waals surface area contributed by atoms with Crippen molar-refractivity contribution in [3.8, 4) is 0 Å². The Bertz CT molecular complexity index is 299. The van der Waals surface area contributed by atoms with Crippen LogP contribution in [-0.2, 0) is 0 Å². The first-order valence-corrected chi connectivity index (χ1v) is 3.85. The number of hydrogen-bond acceptors (Lipinski definition) is 4. The minimum absolute atomic E-state index is 0.226. The first kappa shape index (κ1) is 10.6. The Hall–Kier alpha value is -1.53. The lowest BCUT2D eigenvalue weighted by Gasteiger charge is -2.08. The van der Waals surface area contributed by atoms with Crippen LogP contribution in [0, 0.1) is 0 Å². The van der Waals surface area contributed by atoms with Crippen LogP contribution in [0.1, 0.15) is 6.42 Å². The van der Waals surface area contributed by atoms with E-state index < -0.39 is 12.6 Å². The lowest BCUT2D eigenvalue weighted by atomic mass is 10.4. The van der Waals surface area contributed by atoms with Crippen molar-refractivity contribution >= 4 is 11.5 Å². The number of anilines is 2. The maximum absolute atomic E-state index is 11.8. The second-order valence-electron chi connectivity index (χ2n) is 2.62. The molecule has 7 heteroatoms. The SMILES string of the molecule is Nc1cncnc1NCCC(F)(F)F. The molecule has 1 aromatic rings. The molecule has 78 valence electrons. The average molecular weight is 206 g/mol. The van der Waals surface area contributed by atoms with Crippen molar-refractivity contribution < 1.29 is 13.2 Å². The number of aromatic nitrogens is 2. The van der Waals surface area contributed by atoms with Crippen molar-refractivity contribution in [3.05, 3.63) is 12.5 Å². The first-order valence-electron chi connectivity index (χ1n) is 3.85. The Kier molecular flexibility index (Phi) is 3.10. The van der Waals surface area contributed by atoms with Gasteiger partial charge in [0, 0.05) is 6.54 Å². The van der Waals surface area contributed by atoms with Gasteiger partial charge in [-0.1, -0.05) is 0 Å². The summed E-state index contributed by atoms with van der Waals surface area (Å²) in [5.74, 6) is 0.226. The summed E-state index contributed by atoms with van der Waals surface area (Å²) in [6, 6.07) is 0. The lowest BCUT2D eigenvalue weighted by molar-refractivity contribution is -0.131. The maximum Gasteiger partial charge on any atom is 0.390 e. The Labute approximate surface area is 78.4 Å². The largest absolute Gasteiger partial charge is 0.394 e. The Balaban J connectivity index is 2.43. The van der Waals surface area contributed by atoms with Gasteiger partial charge in [-0.15, -0.1) is 0 Å². The number of hydrogen-bond donors (Lipinski definition) is 2. The Morgan fingerprint density at radius 2 is 2.14 bits per heavy atom. The van der Waals surface area contributed by atoms with Gasteiger partial charge >= 0.3 is 6.18 Å². The van der Waals surface area contributed by atoms with E-state index in [1.54, 1.807) is 0 Å². The molecule has 3 N–H and O–H groups in total. The number of nitrogens with two attached hydrogens (primary N) is 1. The van der Waals surface area contributed by atoms with Crippen LogP contribution < -0.4 is 11.1 Å². The first-order chi connectivity index (χ1) is 6.49. The van der Waals surface area contributed by atoms with Gasteiger partial charge in [-0.3, -0.25) is 0 Å². The van der Waals surface area contributed by atoms with Gasteiger partial charge in [-0.2, -0.15) is 13.2 Å². The van der Waals surface area contributed by atoms with Crippen LogP contribution in [-0.4, -0.2) is 22.7 Å². The summed E-state index contributed by atoms with van der Waals surface area (Å²) in [5, 5.41) is 2.47. The zero-order valence-corrected chi connectivity index (χ0v) is 7.17. The monoisotopic (exact) mass is 206 g/mol. The number of nitrogen functional groups attached to an aromatic ring is 1. The third kappa shape index (κ3) is 3.46. The van der Waals surface area contributed by atoms with Gasteiger partial charge in [0.25, 0.3) is 0 Å². The van der Waals surface area contributed by atoms with Gasteiger partial charge in [-0.05, 0) is 0 Å². The number of nitrogens with one attached hydrogen (secondary N) is 1. The highest BCUT2D eigenvalue weighted by atomic mass is 19.4. The molecule has 1 aromatic heterocycles. The molecular formula is C7H9F3N4. The summed E-state index contributed by atoms with van der Waals surface area (Å²) in [4.78, 5) is 7.29. The minimum Gasteiger partial charge on any atom is -0.394 e. The van der Waals surface area contributed by atoms with E-state index in [1.807, 2.05) is 0 Å². The molecule has 0 atom stereocenters. The van der Waals surface area contributed by atoms with Gasteiger partial charge in [0.1, 0.15) is 6.33 Å². The number of halogens is 3. The Morgan fingerprint density at radius 3 is 2.71 bits per heavy atom. The number of nitrogens with zero attached hydrogens (tertiary/aromatic N) is 2. The molecule has 4 nitrogen and oxygen atoms in total. The van der Waals surface area contributed by atoms with Gasteiger partial charge in [-0.25, -0.2) is 9.97 Å². The van der Waals surface area contributed by atoms with E-state index in [1.165, 1.54) is 12.5 Å². The van der Waals surface area contributed by atoms with Gasteiger partial charge < -0.3 is 11.1 Å². The predicted molar refractivity (Wildman–Crippen MR) is 45.6 cm³/mol. The zero-order valence-electron chi connectivity index (χ0n) is 7.17. The molecule has 1 heterocycles. The highest BCUT2D eigenvalue weighted by Crippen LogP contribution is 2.20. The fourth-order valence-corrected chi connectivity index (χ4v) is 0.811. The summed E-state index contributed by atoms with van der Waals surface area (Å²) in [6.45, 7) is -0.245. The molecule has 0 unspecified atom stereocenters. The van der Waals surface area contributed by atoms with Gasteiger partial charge in [0.05, 0.1) is 18.3 Å². The smallest absolute Gasteiger partial charge is 0.390 e. The molecule has 0 radical (unpaired) electrons. The fourth-order valence-electron chi connectivity index (χ4n) is 0.811. The van der Waals surface area contributed by atoms with E-state index in [0.29, 0.717) is 0 Å². The standard InChI is InChI=1S/C7H9F3N4/c8-7(9,10)1-2-13-6-5(11)3-12-4-14-6/h3-4H,1-2,11H2,(H,12,13,14). The summed E-state index contributed by atoms with van der Waals surface area (Å²) >= 11 is 0. The normalized spacial score (nSPS) is 11.4. The molecule has 0 spiro atoms. The third-order valence-electron chi connectivity index (χ3n) is 1.44. The predicted octanol–water partition coefficient (Wildman–Crippen LogP) is 1.42. The van der Waals surface area contributed by atoms with Crippen LogP contribution in [0.25, 0.3) is 0 Å². The highest BCUT2D eigenvalue weighted by Gasteiger charge is 2.26. The molecule has 14 heavy (non-hydrogen) atoms. The minimum atomic E-state index is -4.17. The van der Waals surface area contributed by atoms with E-state index in [0.717, 1.165) is 0 Å². The molecule has 0 aliphatic rings. The summed E-state index contributed by atoms with van der Waals surface area (Å²) in [5.41, 5.74) is 5.63. The Morgan fingerprint density at radius 1 is 1.43 bits per heavy atom. The number of alkyl halides is 3. The van der Waals surface area contributed by atoms with Crippen LogP contribution in [0.3, 0.4) is 0 Å².